The van der Waals surface area contributed by atoms with E-state index in [9.17, 15) is 0 Å². The summed E-state index contributed by atoms with van der Waals surface area (Å²) in [6.07, 6.45) is 1.09. The van der Waals surface area contributed by atoms with Crippen molar-refractivity contribution in [1.29, 1.82) is 0 Å². The van der Waals surface area contributed by atoms with Gasteiger partial charge in [0.1, 0.15) is 11.5 Å². The van der Waals surface area contributed by atoms with E-state index in [1.165, 1.54) is 5.56 Å². The van der Waals surface area contributed by atoms with Crippen LogP contribution in [0.5, 0.6) is 0 Å². The van der Waals surface area contributed by atoms with Crippen LogP contribution in [0.4, 0.5) is 5.82 Å². The minimum absolute atomic E-state index is 0.730. The minimum Gasteiger partial charge on any atom is -0.370 e. The number of hydrogen-bond acceptors (Lipinski definition) is 5. The Morgan fingerprint density at radius 2 is 2.10 bits per heavy atom. The van der Waals surface area contributed by atoms with Gasteiger partial charge >= 0.3 is 0 Å². The maximum Gasteiger partial charge on any atom is 0.180 e. The molecule has 104 valence electrons. The summed E-state index contributed by atoms with van der Waals surface area (Å²) in [4.78, 5) is 13.9. The van der Waals surface area contributed by atoms with Gasteiger partial charge in [0.15, 0.2) is 5.82 Å². The van der Waals surface area contributed by atoms with Crippen molar-refractivity contribution >= 4 is 17.6 Å². The molecular formula is C15H18N4S. The highest BCUT2D eigenvalue weighted by Gasteiger charge is 2.20. The van der Waals surface area contributed by atoms with Gasteiger partial charge in [-0.15, -0.1) is 0 Å². The first-order chi connectivity index (χ1) is 9.78. The summed E-state index contributed by atoms with van der Waals surface area (Å²) in [5.74, 6) is 3.69. The number of thioether (sulfide) groups is 1. The van der Waals surface area contributed by atoms with Crippen molar-refractivity contribution in [3.8, 4) is 11.5 Å². The van der Waals surface area contributed by atoms with Crippen LogP contribution in [0.1, 0.15) is 30.3 Å². The van der Waals surface area contributed by atoms with Gasteiger partial charge in [-0.25, -0.2) is 15.0 Å². The van der Waals surface area contributed by atoms with Crippen LogP contribution in [0.2, 0.25) is 0 Å². The Balaban J connectivity index is 2.04. The first-order valence-electron chi connectivity index (χ1n) is 6.93. The van der Waals surface area contributed by atoms with Gasteiger partial charge in [-0.3, -0.25) is 0 Å². The Morgan fingerprint density at radius 1 is 1.20 bits per heavy atom. The first-order valence-corrected chi connectivity index (χ1v) is 8.09. The van der Waals surface area contributed by atoms with Gasteiger partial charge in [-0.1, -0.05) is 13.0 Å². The second-order valence-corrected chi connectivity index (χ2v) is 5.89. The quantitative estimate of drug-likeness (QED) is 0.933. The molecule has 1 aliphatic rings. The third kappa shape index (κ3) is 2.63. The van der Waals surface area contributed by atoms with Crippen molar-refractivity contribution in [2.75, 3.05) is 11.9 Å². The molecule has 0 fully saturated rings. The molecule has 0 saturated carbocycles. The van der Waals surface area contributed by atoms with E-state index in [0.29, 0.717) is 0 Å². The summed E-state index contributed by atoms with van der Waals surface area (Å²) in [5, 5.41) is 3.43. The van der Waals surface area contributed by atoms with Crippen LogP contribution in [-0.2, 0) is 11.5 Å². The molecule has 0 aliphatic carbocycles. The summed E-state index contributed by atoms with van der Waals surface area (Å²) >= 11 is 1.89. The molecule has 3 rings (SSSR count). The Labute approximate surface area is 123 Å². The molecule has 2 aromatic rings. The molecule has 3 heterocycles. The van der Waals surface area contributed by atoms with Gasteiger partial charge in [-0.05, 0) is 25.5 Å². The summed E-state index contributed by atoms with van der Waals surface area (Å²) in [7, 11) is 0. The fraction of sp³-hybridized carbons (Fsp3) is 0.400. The Bertz CT molecular complexity index is 627. The maximum absolute atomic E-state index is 4.70. The van der Waals surface area contributed by atoms with Crippen molar-refractivity contribution in [2.24, 2.45) is 0 Å². The molecule has 0 radical (unpaired) electrons. The zero-order valence-corrected chi connectivity index (χ0v) is 12.6. The molecule has 2 aromatic heterocycles. The van der Waals surface area contributed by atoms with Gasteiger partial charge in [0.05, 0.1) is 5.69 Å². The van der Waals surface area contributed by atoms with Crippen LogP contribution in [0.15, 0.2) is 18.2 Å². The monoisotopic (exact) mass is 286 g/mol. The number of pyridine rings is 1. The molecule has 0 spiro atoms. The van der Waals surface area contributed by atoms with E-state index in [0.717, 1.165) is 53.2 Å². The second kappa shape index (κ2) is 5.79. The Kier molecular flexibility index (Phi) is 3.87. The highest BCUT2D eigenvalue weighted by molar-refractivity contribution is 7.98. The number of hydrogen-bond donors (Lipinski definition) is 1. The molecule has 5 heteroatoms. The number of nitrogens with zero attached hydrogens (tertiary/aromatic N) is 3. The van der Waals surface area contributed by atoms with Gasteiger partial charge in [0, 0.05) is 29.3 Å². The number of aryl methyl sites for hydroxylation is 1. The van der Waals surface area contributed by atoms with Crippen molar-refractivity contribution in [3.05, 3.63) is 35.2 Å². The average molecular weight is 286 g/mol. The van der Waals surface area contributed by atoms with E-state index in [4.69, 9.17) is 9.97 Å². The molecular weight excluding hydrogens is 268 g/mol. The van der Waals surface area contributed by atoms with E-state index >= 15 is 0 Å². The molecule has 0 unspecified atom stereocenters. The Morgan fingerprint density at radius 3 is 2.90 bits per heavy atom. The predicted molar refractivity (Wildman–Crippen MR) is 83.8 cm³/mol. The number of anilines is 1. The van der Waals surface area contributed by atoms with Crippen LogP contribution >= 0.6 is 11.8 Å². The first kappa shape index (κ1) is 13.4. The summed E-state index contributed by atoms with van der Waals surface area (Å²) in [5.41, 5.74) is 4.26. The van der Waals surface area contributed by atoms with Crippen molar-refractivity contribution < 1.29 is 0 Å². The SMILES string of the molecule is CCCNc1nc(-c2cccc(C)n2)nc2c1CSC2. The zero-order chi connectivity index (χ0) is 13.9. The fourth-order valence-electron chi connectivity index (χ4n) is 2.22. The normalized spacial score (nSPS) is 13.3. The van der Waals surface area contributed by atoms with Gasteiger partial charge in [0.2, 0.25) is 0 Å². The van der Waals surface area contributed by atoms with Crippen LogP contribution in [0.3, 0.4) is 0 Å². The molecule has 4 nitrogen and oxygen atoms in total. The van der Waals surface area contributed by atoms with E-state index < -0.39 is 0 Å². The molecule has 20 heavy (non-hydrogen) atoms. The number of nitrogens with one attached hydrogen (secondary N) is 1. The largest absolute Gasteiger partial charge is 0.370 e. The van der Waals surface area contributed by atoms with Gasteiger partial charge < -0.3 is 5.32 Å². The molecule has 0 atom stereocenters. The lowest BCUT2D eigenvalue weighted by atomic mass is 10.2. The standard InChI is InChI=1S/C15H18N4S/c1-3-7-16-14-11-8-20-9-13(11)18-15(19-14)12-6-4-5-10(2)17-12/h4-6H,3,7-9H2,1-2H3,(H,16,18,19). The molecule has 0 amide bonds. The van der Waals surface area contributed by atoms with E-state index in [2.05, 4.69) is 17.2 Å². The summed E-state index contributed by atoms with van der Waals surface area (Å²) in [6, 6.07) is 5.96. The van der Waals surface area contributed by atoms with E-state index in [1.54, 1.807) is 0 Å². The minimum atomic E-state index is 0.730. The molecule has 1 N–H and O–H groups in total. The molecule has 1 aliphatic heterocycles. The van der Waals surface area contributed by atoms with Gasteiger partial charge in [-0.2, -0.15) is 11.8 Å². The third-order valence-corrected chi connectivity index (χ3v) is 4.21. The number of fused-ring (bicyclic) bond motifs is 1. The van der Waals surface area contributed by atoms with Crippen LogP contribution in [0, 0.1) is 6.92 Å². The highest BCUT2D eigenvalue weighted by Crippen LogP contribution is 2.34. The van der Waals surface area contributed by atoms with Crippen molar-refractivity contribution in [3.63, 3.8) is 0 Å². The Hall–Kier alpha value is -1.62. The number of rotatable bonds is 4. The molecule has 0 bridgehead atoms. The zero-order valence-electron chi connectivity index (χ0n) is 11.8. The van der Waals surface area contributed by atoms with Crippen LogP contribution in [0.25, 0.3) is 11.5 Å². The topological polar surface area (TPSA) is 50.7 Å². The predicted octanol–water partition coefficient (Wildman–Crippen LogP) is 3.42. The number of aromatic nitrogens is 3. The van der Waals surface area contributed by atoms with Gasteiger partial charge in [0.25, 0.3) is 0 Å². The summed E-state index contributed by atoms with van der Waals surface area (Å²) < 4.78 is 0. The summed E-state index contributed by atoms with van der Waals surface area (Å²) in [6.45, 7) is 5.09. The lowest BCUT2D eigenvalue weighted by Crippen LogP contribution is -2.08. The highest BCUT2D eigenvalue weighted by atomic mass is 32.2. The molecule has 0 aromatic carbocycles. The van der Waals surface area contributed by atoms with Crippen molar-refractivity contribution in [1.82, 2.24) is 15.0 Å². The lowest BCUT2D eigenvalue weighted by Gasteiger charge is -2.11. The smallest absolute Gasteiger partial charge is 0.180 e. The second-order valence-electron chi connectivity index (χ2n) is 4.90. The fourth-order valence-corrected chi connectivity index (χ4v) is 3.26. The van der Waals surface area contributed by atoms with Crippen LogP contribution in [-0.4, -0.2) is 21.5 Å². The molecule has 0 saturated heterocycles. The van der Waals surface area contributed by atoms with Crippen molar-refractivity contribution in [2.45, 2.75) is 31.8 Å². The maximum atomic E-state index is 4.70. The third-order valence-electron chi connectivity index (χ3n) is 3.24. The van der Waals surface area contributed by atoms with Crippen LogP contribution < -0.4 is 5.32 Å². The van der Waals surface area contributed by atoms with E-state index in [-0.39, 0.29) is 0 Å². The lowest BCUT2D eigenvalue weighted by molar-refractivity contribution is 0.953. The average Bonchev–Trinajstić information content (AvgIpc) is 2.93. The van der Waals surface area contributed by atoms with E-state index in [1.807, 2.05) is 36.9 Å².